The van der Waals surface area contributed by atoms with Crippen LogP contribution in [-0.4, -0.2) is 58.3 Å². The number of piperazine rings is 1. The Hall–Kier alpha value is -1.11. The molecule has 2 N–H and O–H groups in total. The minimum atomic E-state index is -3.17. The van der Waals surface area contributed by atoms with Gasteiger partial charge in [-0.05, 0) is 25.1 Å². The molecule has 0 aromatic heterocycles. The van der Waals surface area contributed by atoms with Crippen LogP contribution in [0.4, 0.5) is 5.69 Å². The second kappa shape index (κ2) is 7.77. The quantitative estimate of drug-likeness (QED) is 0.741. The zero-order valence-electron chi connectivity index (χ0n) is 12.6. The van der Waals surface area contributed by atoms with Gasteiger partial charge in [0, 0.05) is 32.7 Å². The highest BCUT2D eigenvalue weighted by Crippen LogP contribution is 2.21. The number of nitrogens with one attached hydrogen (secondary N) is 2. The lowest BCUT2D eigenvalue weighted by molar-refractivity contribution is 0.240. The molecule has 5 nitrogen and oxygen atoms in total. The van der Waals surface area contributed by atoms with Crippen LogP contribution < -0.4 is 10.6 Å². The molecule has 1 aliphatic rings. The van der Waals surface area contributed by atoms with Gasteiger partial charge in [-0.2, -0.15) is 0 Å². The molecule has 1 aromatic rings. The third-order valence-electron chi connectivity index (χ3n) is 3.78. The third-order valence-corrected chi connectivity index (χ3v) is 5.56. The number of nitrogens with zero attached hydrogens (tertiary/aromatic N) is 1. The Morgan fingerprint density at radius 1 is 1.24 bits per heavy atom. The van der Waals surface area contributed by atoms with Gasteiger partial charge in [-0.1, -0.05) is 19.1 Å². The van der Waals surface area contributed by atoms with E-state index in [1.165, 1.54) is 0 Å². The molecule has 0 saturated carbocycles. The van der Waals surface area contributed by atoms with Gasteiger partial charge in [0.1, 0.15) is 0 Å². The van der Waals surface area contributed by atoms with Crippen LogP contribution in [0.15, 0.2) is 29.2 Å². The maximum absolute atomic E-state index is 12.0. The molecule has 1 aliphatic heterocycles. The summed E-state index contributed by atoms with van der Waals surface area (Å²) in [6.45, 7) is 7.84. The summed E-state index contributed by atoms with van der Waals surface area (Å²) in [4.78, 5) is 2.85. The molecule has 0 aliphatic carbocycles. The molecule has 0 radical (unpaired) electrons. The number of hydrogen-bond acceptors (Lipinski definition) is 5. The average Bonchev–Trinajstić information content (AvgIpc) is 2.53. The van der Waals surface area contributed by atoms with E-state index in [4.69, 9.17) is 0 Å². The predicted octanol–water partition coefficient (Wildman–Crippen LogP) is 1.19. The summed E-state index contributed by atoms with van der Waals surface area (Å²) in [7, 11) is -3.17. The van der Waals surface area contributed by atoms with Crippen molar-refractivity contribution >= 4 is 15.5 Å². The van der Waals surface area contributed by atoms with Crippen LogP contribution in [0.5, 0.6) is 0 Å². The smallest absolute Gasteiger partial charge is 0.180 e. The number of rotatable bonds is 7. The summed E-state index contributed by atoms with van der Waals surface area (Å²) in [5.74, 6) is 0.131. The predicted molar refractivity (Wildman–Crippen MR) is 86.6 cm³/mol. The molecule has 1 aromatic carbocycles. The molecule has 0 amide bonds. The lowest BCUT2D eigenvalue weighted by Gasteiger charge is -2.27. The topological polar surface area (TPSA) is 61.4 Å². The molecular weight excluding hydrogens is 286 g/mol. The fourth-order valence-electron chi connectivity index (χ4n) is 2.50. The molecular formula is C15H25N3O2S. The van der Waals surface area contributed by atoms with Crippen molar-refractivity contribution in [3.05, 3.63) is 24.3 Å². The largest absolute Gasteiger partial charge is 0.384 e. The summed E-state index contributed by atoms with van der Waals surface area (Å²) < 4.78 is 24.1. The van der Waals surface area contributed by atoms with E-state index in [0.717, 1.165) is 51.4 Å². The van der Waals surface area contributed by atoms with Gasteiger partial charge in [-0.25, -0.2) is 8.42 Å². The molecule has 21 heavy (non-hydrogen) atoms. The van der Waals surface area contributed by atoms with Gasteiger partial charge in [-0.3, -0.25) is 0 Å². The Bertz CT molecular complexity index is 540. The van der Waals surface area contributed by atoms with Crippen LogP contribution in [-0.2, 0) is 9.84 Å². The van der Waals surface area contributed by atoms with E-state index in [2.05, 4.69) is 15.5 Å². The Labute approximate surface area is 127 Å². The Morgan fingerprint density at radius 3 is 2.67 bits per heavy atom. The van der Waals surface area contributed by atoms with E-state index in [1.54, 1.807) is 19.1 Å². The van der Waals surface area contributed by atoms with Crippen molar-refractivity contribution in [2.45, 2.75) is 18.2 Å². The fourth-order valence-corrected chi connectivity index (χ4v) is 3.57. The van der Waals surface area contributed by atoms with Gasteiger partial charge >= 0.3 is 0 Å². The third kappa shape index (κ3) is 4.69. The van der Waals surface area contributed by atoms with Crippen LogP contribution >= 0.6 is 0 Å². The first-order valence-electron chi connectivity index (χ1n) is 7.62. The molecule has 118 valence electrons. The van der Waals surface area contributed by atoms with Crippen molar-refractivity contribution in [2.75, 3.05) is 50.3 Å². The highest BCUT2D eigenvalue weighted by molar-refractivity contribution is 7.91. The number of hydrogen-bond donors (Lipinski definition) is 2. The van der Waals surface area contributed by atoms with E-state index >= 15 is 0 Å². The Balaban J connectivity index is 1.86. The van der Waals surface area contributed by atoms with Gasteiger partial charge in [0.2, 0.25) is 0 Å². The van der Waals surface area contributed by atoms with Crippen LogP contribution in [0.25, 0.3) is 0 Å². The van der Waals surface area contributed by atoms with Crippen LogP contribution in [0.3, 0.4) is 0 Å². The summed E-state index contributed by atoms with van der Waals surface area (Å²) >= 11 is 0. The molecule has 2 rings (SSSR count). The second-order valence-corrected chi connectivity index (χ2v) is 7.52. The van der Waals surface area contributed by atoms with Crippen LogP contribution in [0, 0.1) is 0 Å². The van der Waals surface area contributed by atoms with Crippen LogP contribution in [0.1, 0.15) is 13.3 Å². The lowest BCUT2D eigenvalue weighted by atomic mass is 10.3. The van der Waals surface area contributed by atoms with E-state index < -0.39 is 9.84 Å². The van der Waals surface area contributed by atoms with Crippen molar-refractivity contribution in [3.8, 4) is 0 Å². The first-order chi connectivity index (χ1) is 10.1. The zero-order chi connectivity index (χ0) is 15.1. The molecule has 0 bridgehead atoms. The Morgan fingerprint density at radius 2 is 1.95 bits per heavy atom. The maximum atomic E-state index is 12.0. The van der Waals surface area contributed by atoms with Gasteiger partial charge in [-0.15, -0.1) is 0 Å². The van der Waals surface area contributed by atoms with Gasteiger partial charge in [0.15, 0.2) is 9.84 Å². The van der Waals surface area contributed by atoms with Crippen molar-refractivity contribution in [3.63, 3.8) is 0 Å². The lowest BCUT2D eigenvalue weighted by Crippen LogP contribution is -2.44. The normalized spacial score (nSPS) is 16.8. The molecule has 6 heteroatoms. The summed E-state index contributed by atoms with van der Waals surface area (Å²) in [5, 5.41) is 6.61. The standard InChI is InChI=1S/C15H25N3O2S/c1-2-21(19,20)15-7-4-3-6-14(15)17-8-5-11-18-12-9-16-10-13-18/h3-4,6-7,16-17H,2,5,8-13H2,1H3. The summed E-state index contributed by atoms with van der Waals surface area (Å²) in [6, 6.07) is 7.16. The molecule has 1 fully saturated rings. The molecule has 1 heterocycles. The SMILES string of the molecule is CCS(=O)(=O)c1ccccc1NCCCN1CCNCC1. The second-order valence-electron chi connectivity index (χ2n) is 5.27. The number of anilines is 1. The average molecular weight is 311 g/mol. The molecule has 0 unspecified atom stereocenters. The van der Waals surface area contributed by atoms with E-state index in [1.807, 2.05) is 12.1 Å². The number of para-hydroxylation sites is 1. The van der Waals surface area contributed by atoms with E-state index in [0.29, 0.717) is 4.90 Å². The van der Waals surface area contributed by atoms with Crippen molar-refractivity contribution in [1.82, 2.24) is 10.2 Å². The van der Waals surface area contributed by atoms with Crippen molar-refractivity contribution < 1.29 is 8.42 Å². The zero-order valence-corrected chi connectivity index (χ0v) is 13.5. The molecule has 1 saturated heterocycles. The molecule has 0 atom stereocenters. The van der Waals surface area contributed by atoms with Crippen molar-refractivity contribution in [1.29, 1.82) is 0 Å². The first-order valence-corrected chi connectivity index (χ1v) is 9.27. The van der Waals surface area contributed by atoms with E-state index in [-0.39, 0.29) is 5.75 Å². The van der Waals surface area contributed by atoms with Gasteiger partial charge in [0.05, 0.1) is 16.3 Å². The van der Waals surface area contributed by atoms with Gasteiger partial charge < -0.3 is 15.5 Å². The first kappa shape index (κ1) is 16.3. The number of benzene rings is 1. The van der Waals surface area contributed by atoms with E-state index in [9.17, 15) is 8.42 Å². The minimum Gasteiger partial charge on any atom is -0.384 e. The minimum absolute atomic E-state index is 0.131. The highest BCUT2D eigenvalue weighted by atomic mass is 32.2. The number of sulfone groups is 1. The molecule has 0 spiro atoms. The Kier molecular flexibility index (Phi) is 6.02. The van der Waals surface area contributed by atoms with Gasteiger partial charge in [0.25, 0.3) is 0 Å². The fraction of sp³-hybridized carbons (Fsp3) is 0.600. The van der Waals surface area contributed by atoms with Crippen molar-refractivity contribution in [2.24, 2.45) is 0 Å². The maximum Gasteiger partial charge on any atom is 0.180 e. The summed E-state index contributed by atoms with van der Waals surface area (Å²) in [5.41, 5.74) is 0.722. The highest BCUT2D eigenvalue weighted by Gasteiger charge is 2.15. The summed E-state index contributed by atoms with van der Waals surface area (Å²) in [6.07, 6.45) is 1.01. The monoisotopic (exact) mass is 311 g/mol. The van der Waals surface area contributed by atoms with Crippen LogP contribution in [0.2, 0.25) is 0 Å².